The molecule has 3 fully saturated rings. The van der Waals surface area contributed by atoms with Gasteiger partial charge in [-0.15, -0.1) is 0 Å². The number of morpholine rings is 1. The first-order valence-corrected chi connectivity index (χ1v) is 12.5. The Bertz CT molecular complexity index is 985. The van der Waals surface area contributed by atoms with Crippen molar-refractivity contribution in [1.82, 2.24) is 15.3 Å². The van der Waals surface area contributed by atoms with Gasteiger partial charge in [-0.1, -0.05) is 0 Å². The van der Waals surface area contributed by atoms with E-state index in [1.807, 2.05) is 20.8 Å². The minimum atomic E-state index is -0.464. The van der Waals surface area contributed by atoms with E-state index in [2.05, 4.69) is 32.3 Å². The molecule has 2 saturated heterocycles. The van der Waals surface area contributed by atoms with Crippen LogP contribution in [0.25, 0.3) is 11.0 Å². The second-order valence-electron chi connectivity index (χ2n) is 11.0. The number of nitrogens with one attached hydrogen (secondary N) is 1. The Balaban J connectivity index is 1.26. The second kappa shape index (κ2) is 9.09. The molecule has 178 valence electrons. The standard InChI is InChI=1S/C26H36N4O3/c1-26(2,3)33-25(31)29-19-6-4-17(5-7-19)12-18-13-20(14-23-24(18)28-11-10-27-23)30-15-21-8-9-22(16-30)32-21/h10-11,13-14,17,19,21-22H,4-9,12,15-16H2,1-3H3,(H,29,31). The fourth-order valence-electron chi connectivity index (χ4n) is 5.59. The smallest absolute Gasteiger partial charge is 0.407 e. The van der Waals surface area contributed by atoms with Gasteiger partial charge in [-0.05, 0) is 89.3 Å². The molecule has 2 aliphatic heterocycles. The molecule has 2 aromatic rings. The largest absolute Gasteiger partial charge is 0.444 e. The number of hydrogen-bond acceptors (Lipinski definition) is 6. The molecule has 5 rings (SSSR count). The van der Waals surface area contributed by atoms with Crippen LogP contribution in [0.5, 0.6) is 0 Å². The highest BCUT2D eigenvalue weighted by Crippen LogP contribution is 2.34. The summed E-state index contributed by atoms with van der Waals surface area (Å²) in [6.07, 6.45) is 11.5. The third-order valence-electron chi connectivity index (χ3n) is 7.12. The van der Waals surface area contributed by atoms with E-state index >= 15 is 0 Å². The topological polar surface area (TPSA) is 76.6 Å². The van der Waals surface area contributed by atoms with E-state index in [0.29, 0.717) is 18.1 Å². The zero-order valence-electron chi connectivity index (χ0n) is 20.0. The van der Waals surface area contributed by atoms with Gasteiger partial charge in [0.05, 0.1) is 23.2 Å². The number of amides is 1. The number of alkyl carbamates (subject to hydrolysis) is 1. The number of nitrogens with zero attached hydrogens (tertiary/aromatic N) is 3. The number of benzene rings is 1. The molecule has 7 heteroatoms. The summed E-state index contributed by atoms with van der Waals surface area (Å²) in [5.41, 5.74) is 4.07. The Morgan fingerprint density at radius 3 is 2.45 bits per heavy atom. The summed E-state index contributed by atoms with van der Waals surface area (Å²) in [5.74, 6) is 0.586. The van der Waals surface area contributed by atoms with E-state index in [9.17, 15) is 4.79 Å². The molecule has 7 nitrogen and oxygen atoms in total. The number of aromatic nitrogens is 2. The third kappa shape index (κ3) is 5.40. The monoisotopic (exact) mass is 452 g/mol. The van der Waals surface area contributed by atoms with Gasteiger partial charge in [0.1, 0.15) is 5.60 Å². The number of ether oxygens (including phenoxy) is 2. The zero-order valence-corrected chi connectivity index (χ0v) is 20.0. The zero-order chi connectivity index (χ0) is 23.0. The number of rotatable bonds is 4. The van der Waals surface area contributed by atoms with E-state index in [-0.39, 0.29) is 12.1 Å². The van der Waals surface area contributed by atoms with Crippen LogP contribution in [-0.4, -0.2) is 53.0 Å². The molecule has 0 radical (unpaired) electrons. The fourth-order valence-corrected chi connectivity index (χ4v) is 5.59. The highest BCUT2D eigenvalue weighted by Gasteiger charge is 2.34. The van der Waals surface area contributed by atoms with Gasteiger partial charge in [0.25, 0.3) is 0 Å². The maximum Gasteiger partial charge on any atom is 0.407 e. The lowest BCUT2D eigenvalue weighted by Crippen LogP contribution is -2.42. The number of carbonyl (C=O) groups is 1. The van der Waals surface area contributed by atoms with Crippen LogP contribution in [0, 0.1) is 5.92 Å². The van der Waals surface area contributed by atoms with Gasteiger partial charge >= 0.3 is 6.09 Å². The maximum atomic E-state index is 12.1. The molecule has 2 unspecified atom stereocenters. The first kappa shape index (κ1) is 22.4. The van der Waals surface area contributed by atoms with Gasteiger partial charge in [0.15, 0.2) is 0 Å². The maximum absolute atomic E-state index is 12.1. The molecule has 33 heavy (non-hydrogen) atoms. The lowest BCUT2D eigenvalue weighted by molar-refractivity contribution is 0.0305. The Morgan fingerprint density at radius 1 is 1.06 bits per heavy atom. The normalized spacial score (nSPS) is 27.5. The van der Waals surface area contributed by atoms with Crippen LogP contribution < -0.4 is 10.2 Å². The molecular formula is C26H36N4O3. The van der Waals surface area contributed by atoms with E-state index in [4.69, 9.17) is 9.47 Å². The van der Waals surface area contributed by atoms with Gasteiger partial charge < -0.3 is 19.7 Å². The van der Waals surface area contributed by atoms with Crippen LogP contribution in [0.4, 0.5) is 10.5 Å². The molecule has 0 spiro atoms. The Kier molecular flexibility index (Phi) is 6.16. The molecule has 2 bridgehead atoms. The van der Waals surface area contributed by atoms with Crippen molar-refractivity contribution in [2.45, 2.75) is 89.6 Å². The molecule has 3 aliphatic rings. The first-order valence-electron chi connectivity index (χ1n) is 12.5. The molecule has 1 aromatic carbocycles. The lowest BCUT2D eigenvalue weighted by atomic mass is 9.82. The minimum absolute atomic E-state index is 0.197. The summed E-state index contributed by atoms with van der Waals surface area (Å²) in [5, 5.41) is 3.05. The van der Waals surface area contributed by atoms with Gasteiger partial charge in [-0.25, -0.2) is 4.79 Å². The van der Waals surface area contributed by atoms with Crippen molar-refractivity contribution in [2.24, 2.45) is 5.92 Å². The molecule has 2 atom stereocenters. The number of carbonyl (C=O) groups excluding carboxylic acids is 1. The van der Waals surface area contributed by atoms with Crippen LogP contribution in [0.3, 0.4) is 0 Å². The molecule has 1 amide bonds. The highest BCUT2D eigenvalue weighted by atomic mass is 16.6. The van der Waals surface area contributed by atoms with Crippen molar-refractivity contribution in [3.05, 3.63) is 30.1 Å². The molecule has 3 heterocycles. The van der Waals surface area contributed by atoms with E-state index in [0.717, 1.165) is 56.2 Å². The Hall–Kier alpha value is -2.41. The van der Waals surface area contributed by atoms with Crippen molar-refractivity contribution in [3.8, 4) is 0 Å². The lowest BCUT2D eigenvalue weighted by Gasteiger charge is -2.34. The quantitative estimate of drug-likeness (QED) is 0.729. The molecular weight excluding hydrogens is 416 g/mol. The van der Waals surface area contributed by atoms with Crippen LogP contribution >= 0.6 is 0 Å². The average Bonchev–Trinajstić information content (AvgIpc) is 3.11. The highest BCUT2D eigenvalue weighted by molar-refractivity contribution is 5.82. The van der Waals surface area contributed by atoms with Gasteiger partial charge in [-0.3, -0.25) is 9.97 Å². The predicted molar refractivity (Wildman–Crippen MR) is 128 cm³/mol. The van der Waals surface area contributed by atoms with Crippen molar-refractivity contribution in [3.63, 3.8) is 0 Å². The SMILES string of the molecule is CC(C)(C)OC(=O)NC1CCC(Cc2cc(N3CC4CCC(C3)O4)cc3nccnc23)CC1. The predicted octanol–water partition coefficient (Wildman–Crippen LogP) is 4.62. The number of hydrogen-bond donors (Lipinski definition) is 1. The minimum Gasteiger partial charge on any atom is -0.444 e. The van der Waals surface area contributed by atoms with Crippen LogP contribution in [0.1, 0.15) is 64.9 Å². The number of anilines is 1. The van der Waals surface area contributed by atoms with Crippen LogP contribution in [0.15, 0.2) is 24.5 Å². The van der Waals surface area contributed by atoms with Gasteiger partial charge in [0.2, 0.25) is 0 Å². The molecule has 1 saturated carbocycles. The summed E-state index contributed by atoms with van der Waals surface area (Å²) in [6.45, 7) is 7.61. The van der Waals surface area contributed by atoms with Crippen molar-refractivity contribution in [2.75, 3.05) is 18.0 Å². The average molecular weight is 453 g/mol. The summed E-state index contributed by atoms with van der Waals surface area (Å²) >= 11 is 0. The summed E-state index contributed by atoms with van der Waals surface area (Å²) in [7, 11) is 0. The molecule has 1 aromatic heterocycles. The molecule has 1 N–H and O–H groups in total. The summed E-state index contributed by atoms with van der Waals surface area (Å²) in [6, 6.07) is 4.73. The van der Waals surface area contributed by atoms with Gasteiger partial charge in [0, 0.05) is 37.2 Å². The molecule has 1 aliphatic carbocycles. The Morgan fingerprint density at radius 2 is 1.76 bits per heavy atom. The van der Waals surface area contributed by atoms with Crippen LogP contribution in [-0.2, 0) is 15.9 Å². The summed E-state index contributed by atoms with van der Waals surface area (Å²) < 4.78 is 11.5. The van der Waals surface area contributed by atoms with Crippen LogP contribution in [0.2, 0.25) is 0 Å². The fraction of sp³-hybridized carbons (Fsp3) is 0.654. The Labute approximate surface area is 196 Å². The number of fused-ring (bicyclic) bond motifs is 3. The summed E-state index contributed by atoms with van der Waals surface area (Å²) in [4.78, 5) is 23.9. The van der Waals surface area contributed by atoms with E-state index in [1.54, 1.807) is 12.4 Å². The van der Waals surface area contributed by atoms with Crippen molar-refractivity contribution in [1.29, 1.82) is 0 Å². The van der Waals surface area contributed by atoms with E-state index in [1.165, 1.54) is 24.1 Å². The first-order chi connectivity index (χ1) is 15.8. The van der Waals surface area contributed by atoms with Gasteiger partial charge in [-0.2, -0.15) is 0 Å². The second-order valence-corrected chi connectivity index (χ2v) is 11.0. The van der Waals surface area contributed by atoms with Crippen molar-refractivity contribution < 1.29 is 14.3 Å². The third-order valence-corrected chi connectivity index (χ3v) is 7.12. The van der Waals surface area contributed by atoms with Crippen molar-refractivity contribution >= 4 is 22.8 Å². The van der Waals surface area contributed by atoms with E-state index < -0.39 is 5.60 Å².